The zero-order valence-electron chi connectivity index (χ0n) is 17.4. The summed E-state index contributed by atoms with van der Waals surface area (Å²) in [5, 5.41) is 9.53. The molecule has 4 N–H and O–H groups in total. The minimum atomic E-state index is -0.623. The van der Waals surface area contributed by atoms with Crippen LogP contribution in [0, 0.1) is 5.92 Å². The average molecular weight is 444 g/mol. The van der Waals surface area contributed by atoms with Gasteiger partial charge in [0.15, 0.2) is 5.16 Å². The summed E-state index contributed by atoms with van der Waals surface area (Å²) in [4.78, 5) is 40.2. The van der Waals surface area contributed by atoms with Gasteiger partial charge >= 0.3 is 0 Å². The quantitative estimate of drug-likeness (QED) is 0.440. The summed E-state index contributed by atoms with van der Waals surface area (Å²) in [6, 6.07) is 6.97. The fourth-order valence-electron chi connectivity index (χ4n) is 3.17. The number of carbonyl (C=O) groups is 2. The Labute approximate surface area is 183 Å². The lowest BCUT2D eigenvalue weighted by molar-refractivity contribution is -0.119. The molecule has 11 heteroatoms. The van der Waals surface area contributed by atoms with Crippen molar-refractivity contribution in [3.05, 3.63) is 46.3 Å². The van der Waals surface area contributed by atoms with Crippen LogP contribution in [0.25, 0.3) is 10.9 Å². The van der Waals surface area contributed by atoms with E-state index in [1.165, 1.54) is 16.3 Å². The molecule has 0 spiro atoms. The molecule has 3 rings (SSSR count). The number of hydrogen-bond acceptors (Lipinski definition) is 7. The molecule has 0 unspecified atom stereocenters. The minimum absolute atomic E-state index is 0.186. The molecule has 31 heavy (non-hydrogen) atoms. The summed E-state index contributed by atoms with van der Waals surface area (Å²) in [6.45, 7) is 4.56. The number of nitrogens with two attached hydrogens (primary N) is 2. The fourth-order valence-corrected chi connectivity index (χ4v) is 4.08. The number of fused-ring (bicyclic) bond motifs is 1. The number of hydrogen-bond donors (Lipinski definition) is 2. The van der Waals surface area contributed by atoms with Gasteiger partial charge in [-0.05, 0) is 18.1 Å². The molecule has 2 heterocycles. The van der Waals surface area contributed by atoms with Gasteiger partial charge in [0.25, 0.3) is 5.56 Å². The normalized spacial score (nSPS) is 11.3. The van der Waals surface area contributed by atoms with Gasteiger partial charge in [-0.3, -0.25) is 19.0 Å². The van der Waals surface area contributed by atoms with Crippen LogP contribution < -0.4 is 17.0 Å². The second-order valence-electron chi connectivity index (χ2n) is 7.56. The zero-order valence-corrected chi connectivity index (χ0v) is 18.3. The van der Waals surface area contributed by atoms with Gasteiger partial charge in [-0.2, -0.15) is 0 Å². The first-order valence-electron chi connectivity index (χ1n) is 9.86. The molecule has 0 aliphatic carbocycles. The Kier molecular flexibility index (Phi) is 7.06. The first-order chi connectivity index (χ1) is 14.8. The summed E-state index contributed by atoms with van der Waals surface area (Å²) in [5.41, 5.74) is 10.9. The zero-order chi connectivity index (χ0) is 22.5. The van der Waals surface area contributed by atoms with Crippen molar-refractivity contribution >= 4 is 34.5 Å². The Balaban J connectivity index is 1.93. The molecule has 0 radical (unpaired) electrons. The van der Waals surface area contributed by atoms with E-state index < -0.39 is 11.8 Å². The maximum absolute atomic E-state index is 12.9. The molecule has 0 saturated heterocycles. The van der Waals surface area contributed by atoms with Crippen molar-refractivity contribution in [3.8, 4) is 0 Å². The molecule has 2 aromatic heterocycles. The highest BCUT2D eigenvalue weighted by atomic mass is 32.2. The Hall–Kier alpha value is -3.21. The van der Waals surface area contributed by atoms with Crippen LogP contribution in [-0.2, 0) is 34.9 Å². The number of benzene rings is 1. The highest BCUT2D eigenvalue weighted by Gasteiger charge is 2.17. The first-order valence-corrected chi connectivity index (χ1v) is 10.8. The van der Waals surface area contributed by atoms with Gasteiger partial charge < -0.3 is 16.0 Å². The Morgan fingerprint density at radius 3 is 2.48 bits per heavy atom. The Morgan fingerprint density at radius 2 is 1.81 bits per heavy atom. The number of thioether (sulfide) groups is 1. The van der Waals surface area contributed by atoms with E-state index in [9.17, 15) is 14.4 Å². The number of aryl methyl sites for hydroxylation is 1. The monoisotopic (exact) mass is 443 g/mol. The number of nitrogens with zero attached hydrogens (tertiary/aromatic N) is 5. The van der Waals surface area contributed by atoms with Gasteiger partial charge in [-0.15, -0.1) is 10.2 Å². The number of amides is 2. The molecule has 1 aromatic carbocycles. The van der Waals surface area contributed by atoms with Crippen LogP contribution in [-0.4, -0.2) is 36.1 Å². The van der Waals surface area contributed by atoms with E-state index in [0.29, 0.717) is 52.3 Å². The van der Waals surface area contributed by atoms with Crippen molar-refractivity contribution in [2.75, 3.05) is 0 Å². The standard InChI is InChI=1S/C20H25N7O3S/c1-12(2)9-27-17(8-7-15(21)28)24-25-20(27)31-11-18-23-14-6-4-3-5-13(14)19(30)26(18)10-16(22)29/h3-6,12H,7-11H2,1-2H3,(H2,21,28)(H2,22,29). The smallest absolute Gasteiger partial charge is 0.261 e. The summed E-state index contributed by atoms with van der Waals surface area (Å²) in [5.74, 6) is 0.696. The van der Waals surface area contributed by atoms with E-state index in [2.05, 4.69) is 29.0 Å². The molecular weight excluding hydrogens is 418 g/mol. The van der Waals surface area contributed by atoms with Gasteiger partial charge in [-0.1, -0.05) is 37.7 Å². The van der Waals surface area contributed by atoms with Crippen LogP contribution >= 0.6 is 11.8 Å². The summed E-state index contributed by atoms with van der Waals surface area (Å²) < 4.78 is 3.25. The van der Waals surface area contributed by atoms with Crippen LogP contribution in [0.3, 0.4) is 0 Å². The van der Waals surface area contributed by atoms with Crippen molar-refractivity contribution in [2.24, 2.45) is 17.4 Å². The Morgan fingerprint density at radius 1 is 1.06 bits per heavy atom. The van der Waals surface area contributed by atoms with Gasteiger partial charge in [0.05, 0.1) is 16.7 Å². The lowest BCUT2D eigenvalue weighted by atomic mass is 10.2. The van der Waals surface area contributed by atoms with Crippen LogP contribution in [0.15, 0.2) is 34.2 Å². The molecule has 0 bridgehead atoms. The highest BCUT2D eigenvalue weighted by Crippen LogP contribution is 2.23. The van der Waals surface area contributed by atoms with Crippen molar-refractivity contribution in [1.29, 1.82) is 0 Å². The fraction of sp³-hybridized carbons (Fsp3) is 0.400. The molecule has 3 aromatic rings. The van der Waals surface area contributed by atoms with E-state index in [0.717, 1.165) is 0 Å². The highest BCUT2D eigenvalue weighted by molar-refractivity contribution is 7.98. The van der Waals surface area contributed by atoms with E-state index in [4.69, 9.17) is 11.5 Å². The van der Waals surface area contributed by atoms with Gasteiger partial charge in [0.1, 0.15) is 18.2 Å². The topological polar surface area (TPSA) is 152 Å². The number of carbonyl (C=O) groups excluding carboxylic acids is 2. The van der Waals surface area contributed by atoms with Crippen LogP contribution in [0.4, 0.5) is 0 Å². The third-order valence-corrected chi connectivity index (χ3v) is 5.48. The second-order valence-corrected chi connectivity index (χ2v) is 8.50. The molecular formula is C20H25N7O3S. The predicted octanol–water partition coefficient (Wildman–Crippen LogP) is 0.839. The van der Waals surface area contributed by atoms with Crippen molar-refractivity contribution in [1.82, 2.24) is 24.3 Å². The Bertz CT molecular complexity index is 1170. The van der Waals surface area contributed by atoms with Crippen LogP contribution in [0.2, 0.25) is 0 Å². The third kappa shape index (κ3) is 5.48. The first kappa shape index (κ1) is 22.5. The predicted molar refractivity (Wildman–Crippen MR) is 117 cm³/mol. The van der Waals surface area contributed by atoms with Crippen LogP contribution in [0.5, 0.6) is 0 Å². The molecule has 0 saturated carbocycles. The van der Waals surface area contributed by atoms with Crippen molar-refractivity contribution in [3.63, 3.8) is 0 Å². The maximum atomic E-state index is 12.9. The number of primary amides is 2. The maximum Gasteiger partial charge on any atom is 0.261 e. The van der Waals surface area contributed by atoms with E-state index in [1.807, 2.05) is 4.57 Å². The van der Waals surface area contributed by atoms with Gasteiger partial charge in [0.2, 0.25) is 11.8 Å². The summed E-state index contributed by atoms with van der Waals surface area (Å²) in [6.07, 6.45) is 0.585. The average Bonchev–Trinajstić information content (AvgIpc) is 3.08. The lowest BCUT2D eigenvalue weighted by Gasteiger charge is -2.14. The van der Waals surface area contributed by atoms with Crippen LogP contribution in [0.1, 0.15) is 31.9 Å². The third-order valence-electron chi connectivity index (χ3n) is 4.52. The van der Waals surface area contributed by atoms with E-state index in [-0.39, 0.29) is 18.5 Å². The number of aromatic nitrogens is 5. The largest absolute Gasteiger partial charge is 0.370 e. The molecule has 0 fully saturated rings. The SMILES string of the molecule is CC(C)Cn1c(CCC(N)=O)nnc1SCc1nc2ccccc2c(=O)n1CC(N)=O. The summed E-state index contributed by atoms with van der Waals surface area (Å²) in [7, 11) is 0. The van der Waals surface area contributed by atoms with E-state index in [1.54, 1.807) is 24.3 Å². The van der Waals surface area contributed by atoms with Crippen molar-refractivity contribution < 1.29 is 9.59 Å². The number of rotatable bonds is 10. The minimum Gasteiger partial charge on any atom is -0.370 e. The van der Waals surface area contributed by atoms with Crippen molar-refractivity contribution in [2.45, 2.75) is 50.7 Å². The molecule has 2 amide bonds. The molecule has 0 aliphatic rings. The molecule has 164 valence electrons. The molecule has 0 aliphatic heterocycles. The number of para-hydroxylation sites is 1. The molecule has 10 nitrogen and oxygen atoms in total. The van der Waals surface area contributed by atoms with Gasteiger partial charge in [0, 0.05) is 19.4 Å². The summed E-state index contributed by atoms with van der Waals surface area (Å²) >= 11 is 1.35. The molecule has 0 atom stereocenters. The second kappa shape index (κ2) is 9.73. The van der Waals surface area contributed by atoms with Gasteiger partial charge in [-0.25, -0.2) is 4.98 Å². The van der Waals surface area contributed by atoms with E-state index >= 15 is 0 Å². The lowest BCUT2D eigenvalue weighted by Crippen LogP contribution is -2.31.